The Bertz CT molecular complexity index is 193. The van der Waals surface area contributed by atoms with Crippen LogP contribution in [0.1, 0.15) is 33.1 Å². The van der Waals surface area contributed by atoms with Crippen molar-refractivity contribution in [3.8, 4) is 0 Å². The summed E-state index contributed by atoms with van der Waals surface area (Å²) in [4.78, 5) is 11.6. The van der Waals surface area contributed by atoms with E-state index in [0.717, 1.165) is 18.6 Å². The molecule has 1 aliphatic heterocycles. The first-order valence-electron chi connectivity index (χ1n) is 5.78. The van der Waals surface area contributed by atoms with Crippen molar-refractivity contribution >= 4 is 17.7 Å². The monoisotopic (exact) mass is 231 g/mol. The maximum Gasteiger partial charge on any atom is 0.323 e. The van der Waals surface area contributed by atoms with Crippen LogP contribution in [0.2, 0.25) is 0 Å². The zero-order valence-corrected chi connectivity index (χ0v) is 10.4. The Labute approximate surface area is 96.3 Å². The van der Waals surface area contributed by atoms with Gasteiger partial charge in [0.05, 0.1) is 6.61 Å². The molecule has 1 heterocycles. The van der Waals surface area contributed by atoms with Gasteiger partial charge in [-0.3, -0.25) is 4.79 Å². The first-order valence-corrected chi connectivity index (χ1v) is 6.93. The summed E-state index contributed by atoms with van der Waals surface area (Å²) >= 11 is 1.95. The first-order chi connectivity index (χ1) is 7.27. The number of thioether (sulfide) groups is 1. The van der Waals surface area contributed by atoms with Gasteiger partial charge in [-0.15, -0.1) is 0 Å². The van der Waals surface area contributed by atoms with E-state index in [4.69, 9.17) is 4.74 Å². The highest BCUT2D eigenvalue weighted by Crippen LogP contribution is 2.18. The minimum Gasteiger partial charge on any atom is -0.465 e. The maximum atomic E-state index is 11.6. The quantitative estimate of drug-likeness (QED) is 0.708. The Hall–Kier alpha value is -0.220. The number of carbonyl (C=O) groups is 1. The summed E-state index contributed by atoms with van der Waals surface area (Å²) in [6.45, 7) is 4.42. The average Bonchev–Trinajstić information content (AvgIpc) is 2.70. The van der Waals surface area contributed by atoms with Gasteiger partial charge < -0.3 is 10.1 Å². The number of carbonyl (C=O) groups excluding carboxylic acids is 1. The first kappa shape index (κ1) is 12.8. The summed E-state index contributed by atoms with van der Waals surface area (Å²) < 4.78 is 5.06. The molecule has 3 nitrogen and oxygen atoms in total. The van der Waals surface area contributed by atoms with Crippen LogP contribution in [0, 0.1) is 0 Å². The summed E-state index contributed by atoms with van der Waals surface area (Å²) in [5.74, 6) is 2.25. The molecular weight excluding hydrogens is 210 g/mol. The minimum absolute atomic E-state index is 0.0868. The van der Waals surface area contributed by atoms with Crippen LogP contribution >= 0.6 is 11.8 Å². The Morgan fingerprint density at radius 3 is 2.93 bits per heavy atom. The number of nitrogens with one attached hydrogen (secondary N) is 1. The van der Waals surface area contributed by atoms with Gasteiger partial charge in [-0.2, -0.15) is 11.8 Å². The molecule has 1 aliphatic rings. The van der Waals surface area contributed by atoms with Crippen molar-refractivity contribution in [2.24, 2.45) is 0 Å². The van der Waals surface area contributed by atoms with E-state index in [1.54, 1.807) is 0 Å². The van der Waals surface area contributed by atoms with Gasteiger partial charge >= 0.3 is 5.97 Å². The molecule has 1 saturated heterocycles. The van der Waals surface area contributed by atoms with Crippen LogP contribution in [0.25, 0.3) is 0 Å². The second-order valence-corrected chi connectivity index (χ2v) is 4.97. The van der Waals surface area contributed by atoms with E-state index in [2.05, 4.69) is 12.2 Å². The lowest BCUT2D eigenvalue weighted by Gasteiger charge is -2.20. The van der Waals surface area contributed by atoms with Crippen molar-refractivity contribution in [3.05, 3.63) is 0 Å². The van der Waals surface area contributed by atoms with E-state index >= 15 is 0 Å². The molecule has 88 valence electrons. The lowest BCUT2D eigenvalue weighted by atomic mass is 10.1. The van der Waals surface area contributed by atoms with Crippen LogP contribution in [0.3, 0.4) is 0 Å². The van der Waals surface area contributed by atoms with E-state index < -0.39 is 0 Å². The van der Waals surface area contributed by atoms with Crippen LogP contribution in [0.5, 0.6) is 0 Å². The molecule has 0 aromatic rings. The molecule has 15 heavy (non-hydrogen) atoms. The summed E-state index contributed by atoms with van der Waals surface area (Å²) in [5, 5.41) is 3.41. The fourth-order valence-electron chi connectivity index (χ4n) is 1.75. The molecule has 0 amide bonds. The third-order valence-corrected chi connectivity index (χ3v) is 3.68. The molecule has 0 aliphatic carbocycles. The van der Waals surface area contributed by atoms with Crippen LogP contribution < -0.4 is 5.32 Å². The molecule has 0 radical (unpaired) electrons. The van der Waals surface area contributed by atoms with Crippen LogP contribution in [0.4, 0.5) is 0 Å². The highest BCUT2D eigenvalue weighted by Gasteiger charge is 2.24. The van der Waals surface area contributed by atoms with Gasteiger partial charge in [0.2, 0.25) is 0 Å². The molecule has 1 fully saturated rings. The summed E-state index contributed by atoms with van der Waals surface area (Å²) in [6.07, 6.45) is 3.06. The molecule has 2 unspecified atom stereocenters. The maximum absolute atomic E-state index is 11.6. The minimum atomic E-state index is -0.0985. The van der Waals surface area contributed by atoms with E-state index in [-0.39, 0.29) is 12.0 Å². The van der Waals surface area contributed by atoms with E-state index in [9.17, 15) is 4.79 Å². The Morgan fingerprint density at radius 2 is 2.40 bits per heavy atom. The second kappa shape index (κ2) is 7.12. The van der Waals surface area contributed by atoms with Gasteiger partial charge in [0.15, 0.2) is 0 Å². The van der Waals surface area contributed by atoms with Gasteiger partial charge in [0.1, 0.15) is 6.04 Å². The van der Waals surface area contributed by atoms with E-state index in [0.29, 0.717) is 12.6 Å². The molecule has 0 aromatic carbocycles. The smallest absolute Gasteiger partial charge is 0.323 e. The SMILES string of the molecule is CCCC(NC1CCSC1)C(=O)OCC. The van der Waals surface area contributed by atoms with Crippen LogP contribution in [0.15, 0.2) is 0 Å². The summed E-state index contributed by atoms with van der Waals surface area (Å²) in [6, 6.07) is 0.398. The molecule has 2 atom stereocenters. The molecular formula is C11H21NO2S. The molecule has 0 spiro atoms. The molecule has 0 aromatic heterocycles. The van der Waals surface area contributed by atoms with Crippen molar-refractivity contribution in [1.29, 1.82) is 0 Å². The fourth-order valence-corrected chi connectivity index (χ4v) is 2.92. The number of ether oxygens (including phenoxy) is 1. The van der Waals surface area contributed by atoms with Gasteiger partial charge in [-0.25, -0.2) is 0 Å². The fraction of sp³-hybridized carbons (Fsp3) is 0.909. The zero-order chi connectivity index (χ0) is 11.1. The Morgan fingerprint density at radius 1 is 1.60 bits per heavy atom. The Balaban J connectivity index is 2.37. The topological polar surface area (TPSA) is 38.3 Å². The number of hydrogen-bond acceptors (Lipinski definition) is 4. The normalized spacial score (nSPS) is 22.7. The lowest BCUT2D eigenvalue weighted by Crippen LogP contribution is -2.44. The Kier molecular flexibility index (Phi) is 6.10. The number of rotatable bonds is 6. The number of esters is 1. The third kappa shape index (κ3) is 4.43. The second-order valence-electron chi connectivity index (χ2n) is 3.82. The highest BCUT2D eigenvalue weighted by molar-refractivity contribution is 7.99. The predicted molar refractivity (Wildman–Crippen MR) is 64.2 cm³/mol. The predicted octanol–water partition coefficient (Wildman–Crippen LogP) is 1.81. The summed E-state index contributed by atoms with van der Waals surface area (Å²) in [5.41, 5.74) is 0. The molecule has 1 rings (SSSR count). The van der Waals surface area contributed by atoms with Gasteiger partial charge in [-0.05, 0) is 25.5 Å². The van der Waals surface area contributed by atoms with E-state index in [1.165, 1.54) is 12.2 Å². The molecule has 0 bridgehead atoms. The van der Waals surface area contributed by atoms with Crippen molar-refractivity contribution in [2.45, 2.75) is 45.2 Å². The van der Waals surface area contributed by atoms with Crippen molar-refractivity contribution in [2.75, 3.05) is 18.1 Å². The summed E-state index contributed by atoms with van der Waals surface area (Å²) in [7, 11) is 0. The number of hydrogen-bond donors (Lipinski definition) is 1. The van der Waals surface area contributed by atoms with E-state index in [1.807, 2.05) is 18.7 Å². The van der Waals surface area contributed by atoms with Gasteiger partial charge in [-0.1, -0.05) is 13.3 Å². The standard InChI is InChI=1S/C11H21NO2S/c1-3-5-10(11(13)14-4-2)12-9-6-7-15-8-9/h9-10,12H,3-8H2,1-2H3. The zero-order valence-electron chi connectivity index (χ0n) is 9.62. The van der Waals surface area contributed by atoms with Crippen LogP contribution in [-0.2, 0) is 9.53 Å². The van der Waals surface area contributed by atoms with Crippen molar-refractivity contribution in [3.63, 3.8) is 0 Å². The largest absolute Gasteiger partial charge is 0.465 e. The molecule has 4 heteroatoms. The van der Waals surface area contributed by atoms with Gasteiger partial charge in [0.25, 0.3) is 0 Å². The van der Waals surface area contributed by atoms with Crippen molar-refractivity contribution in [1.82, 2.24) is 5.32 Å². The lowest BCUT2D eigenvalue weighted by molar-refractivity contribution is -0.146. The molecule has 0 saturated carbocycles. The molecule has 1 N–H and O–H groups in total. The van der Waals surface area contributed by atoms with Crippen LogP contribution in [-0.4, -0.2) is 36.2 Å². The van der Waals surface area contributed by atoms with Crippen molar-refractivity contribution < 1.29 is 9.53 Å². The van der Waals surface area contributed by atoms with Gasteiger partial charge in [0, 0.05) is 11.8 Å². The highest BCUT2D eigenvalue weighted by atomic mass is 32.2. The third-order valence-electron chi connectivity index (χ3n) is 2.52. The average molecular weight is 231 g/mol.